The van der Waals surface area contributed by atoms with Gasteiger partial charge in [-0.1, -0.05) is 6.92 Å². The highest BCUT2D eigenvalue weighted by Crippen LogP contribution is 2.36. The Balaban J connectivity index is 1.81. The van der Waals surface area contributed by atoms with Gasteiger partial charge in [-0.15, -0.1) is 0 Å². The van der Waals surface area contributed by atoms with Gasteiger partial charge in [0, 0.05) is 12.1 Å². The molecule has 0 aromatic heterocycles. The number of piperidine rings is 2. The maximum atomic E-state index is 3.73. The Morgan fingerprint density at radius 2 is 2.08 bits per heavy atom. The van der Waals surface area contributed by atoms with Crippen molar-refractivity contribution in [3.8, 4) is 0 Å². The van der Waals surface area contributed by atoms with Crippen LogP contribution in [0.3, 0.4) is 0 Å². The molecule has 2 heterocycles. The zero-order valence-electron chi connectivity index (χ0n) is 8.14. The fourth-order valence-electron chi connectivity index (χ4n) is 2.46. The third-order valence-electron chi connectivity index (χ3n) is 3.52. The van der Waals surface area contributed by atoms with Crippen LogP contribution in [-0.2, 0) is 0 Å². The van der Waals surface area contributed by atoms with E-state index in [0.29, 0.717) is 6.04 Å². The molecule has 2 saturated heterocycles. The Labute approximate surface area is 75.1 Å². The van der Waals surface area contributed by atoms with Crippen molar-refractivity contribution in [2.24, 2.45) is 11.8 Å². The molecule has 12 heavy (non-hydrogen) atoms. The van der Waals surface area contributed by atoms with Crippen LogP contribution >= 0.6 is 0 Å². The van der Waals surface area contributed by atoms with Crippen LogP contribution < -0.4 is 10.6 Å². The van der Waals surface area contributed by atoms with Crippen molar-refractivity contribution in [3.05, 3.63) is 0 Å². The van der Waals surface area contributed by atoms with Crippen LogP contribution in [-0.4, -0.2) is 25.2 Å². The van der Waals surface area contributed by atoms with Crippen LogP contribution in [0.4, 0.5) is 0 Å². The Bertz CT molecular complexity index is 144. The average molecular weight is 168 g/mol. The molecule has 2 bridgehead atoms. The maximum absolute atomic E-state index is 3.73. The van der Waals surface area contributed by atoms with Crippen molar-refractivity contribution in [3.63, 3.8) is 0 Å². The van der Waals surface area contributed by atoms with E-state index in [1.807, 2.05) is 0 Å². The second-order valence-electron chi connectivity index (χ2n) is 4.42. The van der Waals surface area contributed by atoms with Gasteiger partial charge in [-0.05, 0) is 44.7 Å². The summed E-state index contributed by atoms with van der Waals surface area (Å²) in [6, 6.07) is 1.54. The lowest BCUT2D eigenvalue weighted by Gasteiger charge is -2.51. The fourth-order valence-corrected chi connectivity index (χ4v) is 2.46. The van der Waals surface area contributed by atoms with E-state index < -0.39 is 0 Å². The van der Waals surface area contributed by atoms with Gasteiger partial charge in [0.05, 0.1) is 0 Å². The summed E-state index contributed by atoms with van der Waals surface area (Å²) in [6.07, 6.45) is 2.71. The smallest absolute Gasteiger partial charge is 0.0150 e. The number of nitrogens with one attached hydrogen (secondary N) is 2. The van der Waals surface area contributed by atoms with Crippen LogP contribution in [0.2, 0.25) is 0 Å². The molecule has 3 unspecified atom stereocenters. The monoisotopic (exact) mass is 168 g/mol. The zero-order valence-corrected chi connectivity index (χ0v) is 8.14. The molecule has 2 nitrogen and oxygen atoms in total. The van der Waals surface area contributed by atoms with Gasteiger partial charge in [-0.2, -0.15) is 0 Å². The number of hydrogen-bond acceptors (Lipinski definition) is 2. The predicted molar refractivity (Wildman–Crippen MR) is 51.1 cm³/mol. The van der Waals surface area contributed by atoms with Gasteiger partial charge < -0.3 is 10.6 Å². The highest BCUT2D eigenvalue weighted by molar-refractivity contribution is 5.00. The fraction of sp³-hybridized carbons (Fsp3) is 1.00. The first-order valence-corrected chi connectivity index (χ1v) is 5.28. The molecule has 0 aromatic carbocycles. The van der Waals surface area contributed by atoms with Gasteiger partial charge in [0.2, 0.25) is 0 Å². The van der Waals surface area contributed by atoms with E-state index >= 15 is 0 Å². The lowest BCUT2D eigenvalue weighted by molar-refractivity contribution is 0.0592. The second kappa shape index (κ2) is 3.35. The van der Waals surface area contributed by atoms with Crippen molar-refractivity contribution in [2.45, 2.75) is 38.8 Å². The van der Waals surface area contributed by atoms with Gasteiger partial charge in [0.15, 0.2) is 0 Å². The molecule has 1 aliphatic carbocycles. The molecule has 3 fully saturated rings. The molecule has 2 heteroatoms. The topological polar surface area (TPSA) is 24.1 Å². The third-order valence-corrected chi connectivity index (χ3v) is 3.52. The third kappa shape index (κ3) is 1.38. The first-order valence-electron chi connectivity index (χ1n) is 5.28. The van der Waals surface area contributed by atoms with E-state index in [1.54, 1.807) is 0 Å². The Morgan fingerprint density at radius 3 is 2.58 bits per heavy atom. The van der Waals surface area contributed by atoms with Crippen molar-refractivity contribution >= 4 is 0 Å². The first kappa shape index (κ1) is 8.52. The second-order valence-corrected chi connectivity index (χ2v) is 4.42. The van der Waals surface area contributed by atoms with Crippen LogP contribution in [0.15, 0.2) is 0 Å². The summed E-state index contributed by atoms with van der Waals surface area (Å²) in [6.45, 7) is 7.03. The van der Waals surface area contributed by atoms with E-state index in [9.17, 15) is 0 Å². The Kier molecular flexibility index (Phi) is 2.37. The Morgan fingerprint density at radius 1 is 1.42 bits per heavy atom. The van der Waals surface area contributed by atoms with Crippen molar-refractivity contribution in [2.75, 3.05) is 13.1 Å². The van der Waals surface area contributed by atoms with Crippen LogP contribution in [0.5, 0.6) is 0 Å². The van der Waals surface area contributed by atoms with Crippen molar-refractivity contribution in [1.29, 1.82) is 0 Å². The summed E-state index contributed by atoms with van der Waals surface area (Å²) in [7, 11) is 0. The van der Waals surface area contributed by atoms with Crippen LogP contribution in [0, 0.1) is 11.8 Å². The standard InChI is InChI=1S/C10H20N2/c1-3-7(2)12-10-8-4-9(10)6-11-5-8/h7-12H,3-6H2,1-2H3. The summed E-state index contributed by atoms with van der Waals surface area (Å²) >= 11 is 0. The highest BCUT2D eigenvalue weighted by Gasteiger charge is 2.43. The lowest BCUT2D eigenvalue weighted by atomic mass is 9.67. The molecule has 2 aliphatic heterocycles. The summed E-state index contributed by atoms with van der Waals surface area (Å²) in [5, 5.41) is 7.19. The first-order chi connectivity index (χ1) is 5.81. The molecule has 2 N–H and O–H groups in total. The van der Waals surface area contributed by atoms with Gasteiger partial charge in [0.25, 0.3) is 0 Å². The van der Waals surface area contributed by atoms with Gasteiger partial charge >= 0.3 is 0 Å². The predicted octanol–water partition coefficient (Wildman–Crippen LogP) is 0.982. The van der Waals surface area contributed by atoms with E-state index in [-0.39, 0.29) is 0 Å². The maximum Gasteiger partial charge on any atom is 0.0150 e. The van der Waals surface area contributed by atoms with Gasteiger partial charge in [-0.3, -0.25) is 0 Å². The molecule has 3 rings (SSSR count). The molecule has 0 amide bonds. The average Bonchev–Trinajstić information content (AvgIpc) is 2.14. The molecule has 3 aliphatic rings. The molecule has 0 radical (unpaired) electrons. The van der Waals surface area contributed by atoms with Gasteiger partial charge in [0.1, 0.15) is 0 Å². The quantitative estimate of drug-likeness (QED) is 0.656. The minimum absolute atomic E-state index is 0.707. The van der Waals surface area contributed by atoms with E-state index in [4.69, 9.17) is 0 Å². The molecule has 0 spiro atoms. The zero-order chi connectivity index (χ0) is 8.55. The van der Waals surface area contributed by atoms with E-state index in [0.717, 1.165) is 17.9 Å². The SMILES string of the molecule is CCC(C)NC1C2CNCC1C2. The normalized spacial score (nSPS) is 42.0. The summed E-state index contributed by atoms with van der Waals surface area (Å²) in [5.74, 6) is 1.86. The molecule has 1 saturated carbocycles. The molecule has 0 aromatic rings. The van der Waals surface area contributed by atoms with E-state index in [1.165, 1.54) is 25.9 Å². The van der Waals surface area contributed by atoms with E-state index in [2.05, 4.69) is 24.5 Å². The minimum atomic E-state index is 0.707. The Hall–Kier alpha value is -0.0800. The molecule has 70 valence electrons. The molecular formula is C10H20N2. The van der Waals surface area contributed by atoms with Crippen molar-refractivity contribution in [1.82, 2.24) is 10.6 Å². The number of hydrogen-bond donors (Lipinski definition) is 2. The number of fused-ring (bicyclic) bond motifs is 2. The van der Waals surface area contributed by atoms with Gasteiger partial charge in [-0.25, -0.2) is 0 Å². The molecular weight excluding hydrogens is 148 g/mol. The summed E-state index contributed by atoms with van der Waals surface area (Å²) in [5.41, 5.74) is 0. The minimum Gasteiger partial charge on any atom is -0.316 e. The lowest BCUT2D eigenvalue weighted by Crippen LogP contribution is -2.63. The summed E-state index contributed by atoms with van der Waals surface area (Å²) in [4.78, 5) is 0. The van der Waals surface area contributed by atoms with Crippen molar-refractivity contribution < 1.29 is 0 Å². The largest absolute Gasteiger partial charge is 0.316 e. The van der Waals surface area contributed by atoms with Crippen LogP contribution in [0.25, 0.3) is 0 Å². The summed E-state index contributed by atoms with van der Waals surface area (Å²) < 4.78 is 0. The van der Waals surface area contributed by atoms with Crippen LogP contribution in [0.1, 0.15) is 26.7 Å². The number of rotatable bonds is 3. The highest BCUT2D eigenvalue weighted by atomic mass is 15.0. The molecule has 3 atom stereocenters.